The van der Waals surface area contributed by atoms with Crippen molar-refractivity contribution in [3.8, 4) is 5.88 Å². The maximum absolute atomic E-state index is 12.4. The van der Waals surface area contributed by atoms with Crippen molar-refractivity contribution in [3.05, 3.63) is 48.2 Å². The Hall–Kier alpha value is -3.09. The van der Waals surface area contributed by atoms with Crippen LogP contribution < -0.4 is 20.7 Å². The normalized spacial score (nSPS) is 13.0. The molecule has 3 rings (SSSR count). The molecule has 25 heavy (non-hydrogen) atoms. The smallest absolute Gasteiger partial charge is 0.319 e. The summed E-state index contributed by atoms with van der Waals surface area (Å²) in [6.45, 7) is 2.27. The van der Waals surface area contributed by atoms with Crippen molar-refractivity contribution in [1.82, 2.24) is 10.3 Å². The van der Waals surface area contributed by atoms with Gasteiger partial charge in [-0.15, -0.1) is 0 Å². The van der Waals surface area contributed by atoms with Crippen LogP contribution >= 0.6 is 0 Å². The van der Waals surface area contributed by atoms with Gasteiger partial charge in [-0.2, -0.15) is 0 Å². The zero-order valence-electron chi connectivity index (χ0n) is 13.9. The predicted molar refractivity (Wildman–Crippen MR) is 95.0 cm³/mol. The number of urea groups is 1. The van der Waals surface area contributed by atoms with E-state index >= 15 is 0 Å². The minimum Gasteiger partial charge on any atom is -0.477 e. The molecular weight excluding hydrogens is 320 g/mol. The first-order valence-electron chi connectivity index (χ1n) is 8.22. The highest BCUT2D eigenvalue weighted by Gasteiger charge is 2.23. The van der Waals surface area contributed by atoms with Gasteiger partial charge in [0.05, 0.1) is 6.61 Å². The second-order valence-corrected chi connectivity index (χ2v) is 5.69. The first-order chi connectivity index (χ1) is 12.2. The van der Waals surface area contributed by atoms with Crippen LogP contribution in [-0.2, 0) is 0 Å². The van der Waals surface area contributed by atoms with Gasteiger partial charge in [-0.3, -0.25) is 4.79 Å². The highest BCUT2D eigenvalue weighted by atomic mass is 16.5. The second-order valence-electron chi connectivity index (χ2n) is 5.69. The first-order valence-corrected chi connectivity index (χ1v) is 8.22. The van der Waals surface area contributed by atoms with E-state index in [9.17, 15) is 9.59 Å². The fourth-order valence-electron chi connectivity index (χ4n) is 2.23. The summed E-state index contributed by atoms with van der Waals surface area (Å²) in [6.07, 6.45) is 3.65. The molecule has 7 heteroatoms. The van der Waals surface area contributed by atoms with Crippen LogP contribution in [0.4, 0.5) is 16.2 Å². The third kappa shape index (κ3) is 4.69. The zero-order chi connectivity index (χ0) is 17.6. The lowest BCUT2D eigenvalue weighted by molar-refractivity contribution is 0.102. The van der Waals surface area contributed by atoms with Gasteiger partial charge in [0.2, 0.25) is 5.88 Å². The molecule has 3 N–H and O–H groups in total. The Morgan fingerprint density at radius 2 is 1.80 bits per heavy atom. The summed E-state index contributed by atoms with van der Waals surface area (Å²) in [5, 5.41) is 8.40. The van der Waals surface area contributed by atoms with Crippen LogP contribution in [0.3, 0.4) is 0 Å². The van der Waals surface area contributed by atoms with Crippen LogP contribution in [0.2, 0.25) is 0 Å². The third-order valence-electron chi connectivity index (χ3n) is 3.61. The monoisotopic (exact) mass is 340 g/mol. The Morgan fingerprint density at radius 3 is 2.44 bits per heavy atom. The highest BCUT2D eigenvalue weighted by molar-refractivity contribution is 6.05. The first kappa shape index (κ1) is 16.8. The molecule has 3 amide bonds. The number of hydrogen-bond donors (Lipinski definition) is 3. The summed E-state index contributed by atoms with van der Waals surface area (Å²) in [6, 6.07) is 10.3. The van der Waals surface area contributed by atoms with Crippen molar-refractivity contribution in [2.24, 2.45) is 0 Å². The van der Waals surface area contributed by atoms with Crippen molar-refractivity contribution >= 4 is 23.3 Å². The maximum atomic E-state index is 12.4. The molecule has 0 unspecified atom stereocenters. The predicted octanol–water partition coefficient (Wildman–Crippen LogP) is 3.02. The number of ether oxygens (including phenoxy) is 1. The zero-order valence-corrected chi connectivity index (χ0v) is 13.9. The summed E-state index contributed by atoms with van der Waals surface area (Å²) >= 11 is 0. The van der Waals surface area contributed by atoms with Crippen molar-refractivity contribution in [3.63, 3.8) is 0 Å². The van der Waals surface area contributed by atoms with Gasteiger partial charge in [0, 0.05) is 23.6 Å². The lowest BCUT2D eigenvalue weighted by Gasteiger charge is -2.10. The molecule has 7 nitrogen and oxygen atoms in total. The topological polar surface area (TPSA) is 92.3 Å². The van der Waals surface area contributed by atoms with Crippen LogP contribution in [-0.4, -0.2) is 29.6 Å². The lowest BCUT2D eigenvalue weighted by Crippen LogP contribution is -2.30. The van der Waals surface area contributed by atoms with E-state index < -0.39 is 0 Å². The minimum absolute atomic E-state index is 0.212. The fourth-order valence-corrected chi connectivity index (χ4v) is 2.23. The SMILES string of the molecule is CCOc1ncccc1C(=O)Nc1ccc(NC(=O)NC2CC2)cc1. The van der Waals surface area contributed by atoms with Gasteiger partial charge < -0.3 is 20.7 Å². The minimum atomic E-state index is -0.302. The molecule has 1 heterocycles. The standard InChI is InChI=1S/C18H20N4O3/c1-2-25-17-15(4-3-11-19-17)16(23)20-12-5-7-13(8-6-12)21-18(24)22-14-9-10-14/h3-8,11,14H,2,9-10H2,1H3,(H,20,23)(H2,21,22,24). The molecule has 1 aromatic carbocycles. The molecule has 2 aromatic rings. The molecule has 1 aliphatic rings. The van der Waals surface area contributed by atoms with Crippen LogP contribution in [0.5, 0.6) is 5.88 Å². The lowest BCUT2D eigenvalue weighted by atomic mass is 10.2. The molecule has 1 aliphatic carbocycles. The molecule has 0 radical (unpaired) electrons. The third-order valence-corrected chi connectivity index (χ3v) is 3.61. The summed E-state index contributed by atoms with van der Waals surface area (Å²) < 4.78 is 5.37. The number of nitrogens with zero attached hydrogens (tertiary/aromatic N) is 1. The van der Waals surface area contributed by atoms with E-state index in [2.05, 4.69) is 20.9 Å². The Bertz CT molecular complexity index is 757. The Balaban J connectivity index is 1.61. The number of carbonyl (C=O) groups excluding carboxylic acids is 2. The molecule has 0 bridgehead atoms. The number of amides is 3. The van der Waals surface area contributed by atoms with Gasteiger partial charge in [-0.25, -0.2) is 9.78 Å². The van der Waals surface area contributed by atoms with Gasteiger partial charge in [0.15, 0.2) is 0 Å². The average Bonchev–Trinajstić information content (AvgIpc) is 3.41. The maximum Gasteiger partial charge on any atom is 0.319 e. The van der Waals surface area contributed by atoms with Gasteiger partial charge in [-0.1, -0.05) is 0 Å². The quantitative estimate of drug-likeness (QED) is 0.754. The van der Waals surface area contributed by atoms with E-state index in [1.54, 1.807) is 42.6 Å². The Kier molecular flexibility index (Phi) is 5.13. The number of nitrogens with one attached hydrogen (secondary N) is 3. The molecule has 0 aliphatic heterocycles. The molecule has 1 fully saturated rings. The van der Waals surface area contributed by atoms with Crippen molar-refractivity contribution in [2.75, 3.05) is 17.2 Å². The number of benzene rings is 1. The summed E-state index contributed by atoms with van der Waals surface area (Å²) in [5.41, 5.74) is 1.65. The van der Waals surface area contributed by atoms with Crippen LogP contribution in [0, 0.1) is 0 Å². The average molecular weight is 340 g/mol. The molecular formula is C18H20N4O3. The van der Waals surface area contributed by atoms with E-state index in [0.717, 1.165) is 12.8 Å². The van der Waals surface area contributed by atoms with E-state index in [0.29, 0.717) is 35.5 Å². The number of pyridine rings is 1. The molecule has 0 saturated heterocycles. The van der Waals surface area contributed by atoms with E-state index in [4.69, 9.17) is 4.74 Å². The second kappa shape index (κ2) is 7.65. The molecule has 0 spiro atoms. The molecule has 1 saturated carbocycles. The number of hydrogen-bond acceptors (Lipinski definition) is 4. The Labute approximate surface area is 145 Å². The van der Waals surface area contributed by atoms with Crippen molar-refractivity contribution in [1.29, 1.82) is 0 Å². The van der Waals surface area contributed by atoms with E-state index in [1.807, 2.05) is 6.92 Å². The highest BCUT2D eigenvalue weighted by Crippen LogP contribution is 2.20. The Morgan fingerprint density at radius 1 is 1.12 bits per heavy atom. The molecule has 130 valence electrons. The van der Waals surface area contributed by atoms with Crippen LogP contribution in [0.15, 0.2) is 42.6 Å². The number of anilines is 2. The van der Waals surface area contributed by atoms with Crippen LogP contribution in [0.1, 0.15) is 30.1 Å². The van der Waals surface area contributed by atoms with E-state index in [-0.39, 0.29) is 11.9 Å². The molecule has 1 aromatic heterocycles. The number of aromatic nitrogens is 1. The summed E-state index contributed by atoms with van der Waals surface area (Å²) in [5.74, 6) is 0.00118. The number of rotatable bonds is 6. The number of carbonyl (C=O) groups is 2. The van der Waals surface area contributed by atoms with Crippen molar-refractivity contribution < 1.29 is 14.3 Å². The van der Waals surface area contributed by atoms with Gasteiger partial charge in [-0.05, 0) is 56.2 Å². The molecule has 0 atom stereocenters. The largest absolute Gasteiger partial charge is 0.477 e. The van der Waals surface area contributed by atoms with E-state index in [1.165, 1.54) is 0 Å². The fraction of sp³-hybridized carbons (Fsp3) is 0.278. The van der Waals surface area contributed by atoms with Crippen LogP contribution in [0.25, 0.3) is 0 Å². The van der Waals surface area contributed by atoms with Gasteiger partial charge in [0.1, 0.15) is 5.56 Å². The van der Waals surface area contributed by atoms with Gasteiger partial charge in [0.25, 0.3) is 5.91 Å². The van der Waals surface area contributed by atoms with Gasteiger partial charge >= 0.3 is 6.03 Å². The summed E-state index contributed by atoms with van der Waals surface area (Å²) in [4.78, 5) is 28.2. The van der Waals surface area contributed by atoms with Crippen molar-refractivity contribution in [2.45, 2.75) is 25.8 Å². The summed E-state index contributed by atoms with van der Waals surface area (Å²) in [7, 11) is 0.